The van der Waals surface area contributed by atoms with E-state index in [-0.39, 0.29) is 5.56 Å². The molecule has 17 heavy (non-hydrogen) atoms. The number of amides is 1. The van der Waals surface area contributed by atoms with Gasteiger partial charge in [0.2, 0.25) is 5.91 Å². The largest absolute Gasteiger partial charge is 0.396 e. The minimum absolute atomic E-state index is 0.121. The van der Waals surface area contributed by atoms with Gasteiger partial charge in [-0.05, 0) is 5.56 Å². The fourth-order valence-electron chi connectivity index (χ4n) is 1.47. The second-order valence-corrected chi connectivity index (χ2v) is 4.00. The van der Waals surface area contributed by atoms with Crippen molar-refractivity contribution < 1.29 is 18.0 Å². The van der Waals surface area contributed by atoms with Gasteiger partial charge in [-0.2, -0.15) is 13.2 Å². The van der Waals surface area contributed by atoms with Crippen LogP contribution in [0.25, 0.3) is 0 Å². The molecule has 0 bridgehead atoms. The van der Waals surface area contributed by atoms with Gasteiger partial charge in [0.15, 0.2) is 0 Å². The zero-order valence-corrected chi connectivity index (χ0v) is 9.66. The van der Waals surface area contributed by atoms with E-state index in [0.717, 1.165) is 0 Å². The van der Waals surface area contributed by atoms with Crippen LogP contribution in [-0.2, 0) is 4.79 Å². The van der Waals surface area contributed by atoms with E-state index in [0.29, 0.717) is 0 Å². The van der Waals surface area contributed by atoms with Gasteiger partial charge in [-0.3, -0.25) is 4.79 Å². The first kappa shape index (κ1) is 13.5. The van der Waals surface area contributed by atoms with Gasteiger partial charge in [0.1, 0.15) is 0 Å². The maximum atomic E-state index is 12.9. The quantitative estimate of drug-likeness (QED) is 0.801. The minimum Gasteiger partial charge on any atom is -0.349 e. The molecule has 1 amide bonds. The van der Waals surface area contributed by atoms with Crippen molar-refractivity contribution in [1.82, 2.24) is 4.90 Å². The van der Waals surface area contributed by atoms with Crippen molar-refractivity contribution in [1.29, 1.82) is 0 Å². The average molecular weight is 245 g/mol. The lowest BCUT2D eigenvalue weighted by Gasteiger charge is -2.21. The highest BCUT2D eigenvalue weighted by Gasteiger charge is 2.41. The lowest BCUT2D eigenvalue weighted by molar-refractivity contribution is -0.159. The molecule has 5 heteroatoms. The van der Waals surface area contributed by atoms with Crippen LogP contribution in [-0.4, -0.2) is 31.1 Å². The number of hydrogen-bond donors (Lipinski definition) is 0. The number of halogens is 3. The predicted octanol–water partition coefficient (Wildman–Crippen LogP) is 2.81. The fraction of sp³-hybridized carbons (Fsp3) is 0.417. The third-order valence-corrected chi connectivity index (χ3v) is 2.47. The van der Waals surface area contributed by atoms with Gasteiger partial charge in [0.25, 0.3) is 0 Å². The Bertz CT molecular complexity index is 373. The number of nitrogens with zero attached hydrogens (tertiary/aromatic N) is 1. The molecule has 0 heterocycles. The number of alkyl halides is 3. The van der Waals surface area contributed by atoms with Crippen LogP contribution in [0.2, 0.25) is 0 Å². The van der Waals surface area contributed by atoms with E-state index in [2.05, 4.69) is 0 Å². The molecule has 94 valence electrons. The zero-order valence-electron chi connectivity index (χ0n) is 9.66. The Morgan fingerprint density at radius 1 is 1.24 bits per heavy atom. The lowest BCUT2D eigenvalue weighted by Crippen LogP contribution is -2.29. The molecular formula is C12H14F3NO. The molecule has 1 aromatic carbocycles. The summed E-state index contributed by atoms with van der Waals surface area (Å²) in [6.45, 7) is 0. The van der Waals surface area contributed by atoms with E-state index in [4.69, 9.17) is 0 Å². The molecule has 0 saturated carbocycles. The molecule has 0 aliphatic heterocycles. The molecule has 0 fully saturated rings. The molecule has 0 N–H and O–H groups in total. The van der Waals surface area contributed by atoms with Gasteiger partial charge in [0.05, 0.1) is 5.92 Å². The molecule has 0 aliphatic rings. The Kier molecular flexibility index (Phi) is 4.15. The summed E-state index contributed by atoms with van der Waals surface area (Å²) in [7, 11) is 2.89. The van der Waals surface area contributed by atoms with Crippen molar-refractivity contribution in [2.24, 2.45) is 0 Å². The average Bonchev–Trinajstić information content (AvgIpc) is 2.25. The molecule has 0 aromatic heterocycles. The van der Waals surface area contributed by atoms with Gasteiger partial charge in [-0.15, -0.1) is 0 Å². The van der Waals surface area contributed by atoms with E-state index in [1.54, 1.807) is 6.07 Å². The summed E-state index contributed by atoms with van der Waals surface area (Å²) in [5.41, 5.74) is 0.121. The van der Waals surface area contributed by atoms with Gasteiger partial charge in [-0.1, -0.05) is 30.3 Å². The SMILES string of the molecule is CN(C)C(=O)CC(c1ccccc1)C(F)(F)F. The summed E-state index contributed by atoms with van der Waals surface area (Å²) in [5.74, 6) is -2.27. The van der Waals surface area contributed by atoms with Gasteiger partial charge < -0.3 is 4.90 Å². The molecule has 0 aliphatic carbocycles. The Balaban J connectivity index is 2.95. The topological polar surface area (TPSA) is 20.3 Å². The number of hydrogen-bond acceptors (Lipinski definition) is 1. The van der Waals surface area contributed by atoms with Gasteiger partial charge in [0, 0.05) is 20.5 Å². The van der Waals surface area contributed by atoms with Crippen molar-refractivity contribution in [2.75, 3.05) is 14.1 Å². The second kappa shape index (κ2) is 5.21. The van der Waals surface area contributed by atoms with Crippen LogP contribution in [0.15, 0.2) is 30.3 Å². The normalized spacial score (nSPS) is 13.2. The number of carbonyl (C=O) groups excluding carboxylic acids is 1. The van der Waals surface area contributed by atoms with E-state index < -0.39 is 24.4 Å². The first-order valence-electron chi connectivity index (χ1n) is 5.14. The highest BCUT2D eigenvalue weighted by atomic mass is 19.4. The molecule has 0 radical (unpaired) electrons. The smallest absolute Gasteiger partial charge is 0.349 e. The summed E-state index contributed by atoms with van der Waals surface area (Å²) in [6.07, 6.45) is -4.96. The highest BCUT2D eigenvalue weighted by Crippen LogP contribution is 2.37. The summed E-state index contributed by atoms with van der Waals surface area (Å²) in [6, 6.07) is 7.50. The molecular weight excluding hydrogens is 231 g/mol. The number of benzene rings is 1. The maximum Gasteiger partial charge on any atom is 0.396 e. The standard InChI is InChI=1S/C12H14F3NO/c1-16(2)11(17)8-10(12(13,14)15)9-6-4-3-5-7-9/h3-7,10H,8H2,1-2H3. The summed E-state index contributed by atoms with van der Waals surface area (Å²) in [4.78, 5) is 12.6. The van der Waals surface area contributed by atoms with E-state index in [9.17, 15) is 18.0 Å². The molecule has 1 atom stereocenters. The third-order valence-electron chi connectivity index (χ3n) is 2.47. The molecule has 1 aromatic rings. The number of carbonyl (C=O) groups is 1. The van der Waals surface area contributed by atoms with Crippen LogP contribution in [0.5, 0.6) is 0 Å². The Labute approximate surface area is 98.0 Å². The first-order chi connectivity index (χ1) is 7.82. The second-order valence-electron chi connectivity index (χ2n) is 4.00. The van der Waals surface area contributed by atoms with Crippen LogP contribution in [0.3, 0.4) is 0 Å². The summed E-state index contributed by atoms with van der Waals surface area (Å²) in [5, 5.41) is 0. The van der Waals surface area contributed by atoms with Crippen molar-refractivity contribution in [2.45, 2.75) is 18.5 Å². The minimum atomic E-state index is -4.41. The van der Waals surface area contributed by atoms with Crippen molar-refractivity contribution in [3.63, 3.8) is 0 Å². The van der Waals surface area contributed by atoms with Crippen LogP contribution < -0.4 is 0 Å². The van der Waals surface area contributed by atoms with Gasteiger partial charge in [-0.25, -0.2) is 0 Å². The first-order valence-corrected chi connectivity index (χ1v) is 5.14. The maximum absolute atomic E-state index is 12.9. The summed E-state index contributed by atoms with van der Waals surface area (Å²) >= 11 is 0. The van der Waals surface area contributed by atoms with Crippen molar-refractivity contribution in [3.8, 4) is 0 Å². The van der Waals surface area contributed by atoms with Crippen molar-refractivity contribution >= 4 is 5.91 Å². The third kappa shape index (κ3) is 3.76. The monoisotopic (exact) mass is 245 g/mol. The molecule has 0 saturated heterocycles. The highest BCUT2D eigenvalue weighted by molar-refractivity contribution is 5.76. The molecule has 1 unspecified atom stereocenters. The van der Waals surface area contributed by atoms with E-state index in [1.807, 2.05) is 0 Å². The zero-order chi connectivity index (χ0) is 13.1. The molecule has 2 nitrogen and oxygen atoms in total. The number of rotatable bonds is 3. The van der Waals surface area contributed by atoms with E-state index >= 15 is 0 Å². The molecule has 1 rings (SSSR count). The summed E-state index contributed by atoms with van der Waals surface area (Å²) < 4.78 is 38.6. The predicted molar refractivity (Wildman–Crippen MR) is 58.5 cm³/mol. The van der Waals surface area contributed by atoms with Crippen LogP contribution in [0.4, 0.5) is 13.2 Å². The Morgan fingerprint density at radius 3 is 2.18 bits per heavy atom. The Morgan fingerprint density at radius 2 is 1.76 bits per heavy atom. The van der Waals surface area contributed by atoms with Crippen LogP contribution >= 0.6 is 0 Å². The van der Waals surface area contributed by atoms with Crippen LogP contribution in [0.1, 0.15) is 17.9 Å². The van der Waals surface area contributed by atoms with Gasteiger partial charge >= 0.3 is 6.18 Å². The molecule has 0 spiro atoms. The van der Waals surface area contributed by atoms with E-state index in [1.165, 1.54) is 43.3 Å². The lowest BCUT2D eigenvalue weighted by atomic mass is 9.94. The fourth-order valence-corrected chi connectivity index (χ4v) is 1.47. The van der Waals surface area contributed by atoms with Crippen LogP contribution in [0, 0.1) is 0 Å². The Hall–Kier alpha value is -1.52. The van der Waals surface area contributed by atoms with Crippen molar-refractivity contribution in [3.05, 3.63) is 35.9 Å².